The van der Waals surface area contributed by atoms with Crippen LogP contribution in [0.25, 0.3) is 0 Å². The summed E-state index contributed by atoms with van der Waals surface area (Å²) in [6.07, 6.45) is 2.81. The molecule has 1 aromatic carbocycles. The number of hydrogen-bond acceptors (Lipinski definition) is 5. The Labute approximate surface area is 160 Å². The number of tetrazole rings is 1. The minimum absolute atomic E-state index is 0.0743. The molecule has 1 aliphatic heterocycles. The summed E-state index contributed by atoms with van der Waals surface area (Å²) in [6.45, 7) is 8.80. The zero-order valence-corrected chi connectivity index (χ0v) is 16.8. The Morgan fingerprint density at radius 2 is 2.07 bits per heavy atom. The summed E-state index contributed by atoms with van der Waals surface area (Å²) in [5, 5.41) is 12.0. The predicted molar refractivity (Wildman–Crippen MR) is 103 cm³/mol. The second-order valence-electron chi connectivity index (χ2n) is 8.22. The maximum Gasteiger partial charge on any atom is 0.247 e. The fourth-order valence-electron chi connectivity index (χ4n) is 3.76. The number of carbonyl (C=O) groups excluding carboxylic acids is 1. The summed E-state index contributed by atoms with van der Waals surface area (Å²) >= 11 is 0. The monoisotopic (exact) mass is 371 g/mol. The van der Waals surface area contributed by atoms with E-state index < -0.39 is 6.04 Å². The van der Waals surface area contributed by atoms with E-state index in [0.29, 0.717) is 0 Å². The van der Waals surface area contributed by atoms with Gasteiger partial charge in [0.25, 0.3) is 0 Å². The van der Waals surface area contributed by atoms with Crippen LogP contribution in [0.2, 0.25) is 0 Å². The van der Waals surface area contributed by atoms with E-state index in [4.69, 9.17) is 4.74 Å². The lowest BCUT2D eigenvalue weighted by Crippen LogP contribution is -2.41. The third kappa shape index (κ3) is 3.96. The van der Waals surface area contributed by atoms with Crippen molar-refractivity contribution < 1.29 is 9.53 Å². The van der Waals surface area contributed by atoms with Gasteiger partial charge in [-0.25, -0.2) is 4.68 Å². The smallest absolute Gasteiger partial charge is 0.247 e. The van der Waals surface area contributed by atoms with Crippen molar-refractivity contribution in [1.29, 1.82) is 0 Å². The molecule has 7 nitrogen and oxygen atoms in total. The largest absolute Gasteiger partial charge is 0.496 e. The first kappa shape index (κ1) is 19.3. The van der Waals surface area contributed by atoms with Crippen LogP contribution in [-0.2, 0) is 16.6 Å². The van der Waals surface area contributed by atoms with E-state index in [1.807, 2.05) is 50.8 Å². The molecule has 7 heteroatoms. The molecule has 0 spiro atoms. The number of nitrogens with zero attached hydrogens (tertiary/aromatic N) is 5. The van der Waals surface area contributed by atoms with Crippen molar-refractivity contribution in [2.75, 3.05) is 13.7 Å². The number of para-hydroxylation sites is 1. The number of likely N-dealkylation sites (tertiary alicyclic amines) is 1. The van der Waals surface area contributed by atoms with Crippen LogP contribution in [0.4, 0.5) is 0 Å². The molecule has 0 N–H and O–H groups in total. The topological polar surface area (TPSA) is 73.1 Å². The highest BCUT2D eigenvalue weighted by Gasteiger charge is 2.35. The molecule has 2 aromatic rings. The fourth-order valence-corrected chi connectivity index (χ4v) is 3.76. The van der Waals surface area contributed by atoms with Crippen LogP contribution < -0.4 is 4.74 Å². The fraction of sp³-hybridized carbons (Fsp3) is 0.600. The Morgan fingerprint density at radius 1 is 1.33 bits per heavy atom. The van der Waals surface area contributed by atoms with Gasteiger partial charge in [0.05, 0.1) is 7.11 Å². The molecule has 0 saturated carbocycles. The van der Waals surface area contributed by atoms with Crippen LogP contribution in [-0.4, -0.2) is 50.7 Å². The van der Waals surface area contributed by atoms with Gasteiger partial charge in [0.15, 0.2) is 5.82 Å². The van der Waals surface area contributed by atoms with E-state index in [9.17, 15) is 4.79 Å². The minimum atomic E-state index is -0.424. The van der Waals surface area contributed by atoms with E-state index >= 15 is 0 Å². The third-order valence-electron chi connectivity index (χ3n) is 5.20. The molecule has 1 aliphatic rings. The summed E-state index contributed by atoms with van der Waals surface area (Å²) in [4.78, 5) is 15.2. The molecule has 146 valence electrons. The molecule has 0 bridgehead atoms. The van der Waals surface area contributed by atoms with Crippen LogP contribution in [0.15, 0.2) is 24.3 Å². The van der Waals surface area contributed by atoms with E-state index in [1.165, 1.54) is 0 Å². The Balaban J connectivity index is 1.79. The maximum atomic E-state index is 13.3. The molecule has 0 aliphatic carbocycles. The van der Waals surface area contributed by atoms with E-state index in [2.05, 4.69) is 21.6 Å². The Bertz CT molecular complexity index is 796. The molecular weight excluding hydrogens is 342 g/mol. The minimum Gasteiger partial charge on any atom is -0.496 e. The standard InChI is InChI=1S/C20H29N5O2/c1-14(25-19(20(2,3)4)21-22-23-25)18(26)24-12-8-10-16(24)13-15-9-6-7-11-17(15)27-5/h6-7,9,11,14,16H,8,10,12-13H2,1-5H3. The lowest BCUT2D eigenvalue weighted by molar-refractivity contribution is -0.135. The number of ether oxygens (including phenoxy) is 1. The molecule has 1 amide bonds. The van der Waals surface area contributed by atoms with Crippen molar-refractivity contribution in [3.8, 4) is 5.75 Å². The zero-order chi connectivity index (χ0) is 19.6. The van der Waals surface area contributed by atoms with Crippen LogP contribution in [0.1, 0.15) is 58.0 Å². The van der Waals surface area contributed by atoms with Crippen LogP contribution in [0, 0.1) is 0 Å². The van der Waals surface area contributed by atoms with Gasteiger partial charge in [-0.15, -0.1) is 5.10 Å². The number of rotatable bonds is 5. The van der Waals surface area contributed by atoms with Crippen molar-refractivity contribution in [2.24, 2.45) is 0 Å². The van der Waals surface area contributed by atoms with E-state index in [-0.39, 0.29) is 17.4 Å². The average molecular weight is 371 g/mol. The van der Waals surface area contributed by atoms with Crippen molar-refractivity contribution in [3.05, 3.63) is 35.7 Å². The Hall–Kier alpha value is -2.44. The van der Waals surface area contributed by atoms with Gasteiger partial charge >= 0.3 is 0 Å². The molecule has 0 radical (unpaired) electrons. The lowest BCUT2D eigenvalue weighted by Gasteiger charge is -2.29. The number of hydrogen-bond donors (Lipinski definition) is 0. The van der Waals surface area contributed by atoms with Gasteiger partial charge in [0.2, 0.25) is 5.91 Å². The summed E-state index contributed by atoms with van der Waals surface area (Å²) < 4.78 is 7.14. The van der Waals surface area contributed by atoms with E-state index in [0.717, 1.165) is 42.9 Å². The third-order valence-corrected chi connectivity index (χ3v) is 5.20. The summed E-state index contributed by atoms with van der Waals surface area (Å²) in [7, 11) is 1.68. The van der Waals surface area contributed by atoms with Crippen LogP contribution in [0.5, 0.6) is 5.75 Å². The Kier molecular flexibility index (Phi) is 5.48. The summed E-state index contributed by atoms with van der Waals surface area (Å²) in [6, 6.07) is 7.77. The molecule has 1 saturated heterocycles. The number of carbonyl (C=O) groups is 1. The Morgan fingerprint density at radius 3 is 2.78 bits per heavy atom. The van der Waals surface area contributed by atoms with Crippen molar-refractivity contribution >= 4 is 5.91 Å². The molecular formula is C20H29N5O2. The average Bonchev–Trinajstić information content (AvgIpc) is 3.30. The molecule has 2 atom stereocenters. The van der Waals surface area contributed by atoms with Gasteiger partial charge < -0.3 is 9.64 Å². The number of amides is 1. The van der Waals surface area contributed by atoms with Crippen molar-refractivity contribution in [2.45, 2.75) is 64.5 Å². The number of aromatic nitrogens is 4. The molecule has 27 heavy (non-hydrogen) atoms. The first-order valence-corrected chi connectivity index (χ1v) is 9.53. The highest BCUT2D eigenvalue weighted by molar-refractivity contribution is 5.80. The van der Waals surface area contributed by atoms with Crippen LogP contribution >= 0.6 is 0 Å². The second-order valence-corrected chi connectivity index (χ2v) is 8.22. The van der Waals surface area contributed by atoms with Gasteiger partial charge in [0.1, 0.15) is 11.8 Å². The molecule has 1 fully saturated rings. The number of methoxy groups -OCH3 is 1. The molecule has 2 unspecified atom stereocenters. The first-order valence-electron chi connectivity index (χ1n) is 9.53. The zero-order valence-electron chi connectivity index (χ0n) is 16.8. The molecule has 3 rings (SSSR count). The van der Waals surface area contributed by atoms with Crippen LogP contribution in [0.3, 0.4) is 0 Å². The second kappa shape index (κ2) is 7.66. The summed E-state index contributed by atoms with van der Waals surface area (Å²) in [5.74, 6) is 1.68. The lowest BCUT2D eigenvalue weighted by atomic mass is 9.95. The van der Waals surface area contributed by atoms with Crippen molar-refractivity contribution in [3.63, 3.8) is 0 Å². The van der Waals surface area contributed by atoms with Gasteiger partial charge in [-0.05, 0) is 48.2 Å². The molecule has 2 heterocycles. The number of benzene rings is 1. The van der Waals surface area contributed by atoms with Gasteiger partial charge in [-0.2, -0.15) is 0 Å². The van der Waals surface area contributed by atoms with E-state index in [1.54, 1.807) is 11.8 Å². The van der Waals surface area contributed by atoms with Crippen molar-refractivity contribution in [1.82, 2.24) is 25.1 Å². The van der Waals surface area contributed by atoms with Gasteiger partial charge in [0, 0.05) is 18.0 Å². The predicted octanol–water partition coefficient (Wildman–Crippen LogP) is 2.77. The highest BCUT2D eigenvalue weighted by atomic mass is 16.5. The summed E-state index contributed by atoms with van der Waals surface area (Å²) in [5.41, 5.74) is 0.912. The van der Waals surface area contributed by atoms with Gasteiger partial charge in [-0.1, -0.05) is 39.0 Å². The normalized spacial score (nSPS) is 18.6. The first-order chi connectivity index (χ1) is 12.8. The molecule has 1 aromatic heterocycles. The quantitative estimate of drug-likeness (QED) is 0.808. The maximum absolute atomic E-state index is 13.3. The SMILES string of the molecule is COc1ccccc1CC1CCCN1C(=O)C(C)n1nnnc1C(C)(C)C. The van der Waals surface area contributed by atoms with Gasteiger partial charge in [-0.3, -0.25) is 4.79 Å². The highest BCUT2D eigenvalue weighted by Crippen LogP contribution is 2.29.